The highest BCUT2D eigenvalue weighted by Gasteiger charge is 2.06. The molecule has 18 heavy (non-hydrogen) atoms. The molecule has 0 saturated heterocycles. The predicted octanol–water partition coefficient (Wildman–Crippen LogP) is 2.53. The molecule has 2 heteroatoms. The Balaban J connectivity index is 2.44. The molecule has 0 heterocycles. The van der Waals surface area contributed by atoms with Gasteiger partial charge in [-0.25, -0.2) is 0 Å². The Labute approximate surface area is 110 Å². The lowest BCUT2D eigenvalue weighted by Gasteiger charge is -2.13. The van der Waals surface area contributed by atoms with E-state index in [2.05, 4.69) is 37.2 Å². The molecule has 0 aliphatic rings. The predicted molar refractivity (Wildman–Crippen MR) is 76.3 cm³/mol. The van der Waals surface area contributed by atoms with E-state index in [4.69, 9.17) is 6.42 Å². The summed E-state index contributed by atoms with van der Waals surface area (Å²) < 4.78 is 0. The van der Waals surface area contributed by atoms with Crippen molar-refractivity contribution in [3.8, 4) is 12.3 Å². The summed E-state index contributed by atoms with van der Waals surface area (Å²) in [5.74, 6) is 3.22. The van der Waals surface area contributed by atoms with Crippen molar-refractivity contribution in [1.82, 2.24) is 5.32 Å². The second-order valence-electron chi connectivity index (χ2n) is 5.01. The van der Waals surface area contributed by atoms with Crippen LogP contribution < -0.4 is 5.32 Å². The van der Waals surface area contributed by atoms with Gasteiger partial charge in [0.15, 0.2) is 0 Å². The van der Waals surface area contributed by atoms with E-state index >= 15 is 0 Å². The van der Waals surface area contributed by atoms with Crippen molar-refractivity contribution >= 4 is 0 Å². The van der Waals surface area contributed by atoms with Crippen LogP contribution in [-0.4, -0.2) is 18.2 Å². The summed E-state index contributed by atoms with van der Waals surface area (Å²) in [6, 6.07) is 8.20. The van der Waals surface area contributed by atoms with Gasteiger partial charge in [-0.15, -0.1) is 12.3 Å². The first-order valence-electron chi connectivity index (χ1n) is 6.54. The Bertz CT molecular complexity index is 375. The number of rotatable bonds is 7. The number of terminal acetylenes is 1. The van der Waals surface area contributed by atoms with Crippen molar-refractivity contribution in [2.45, 2.75) is 32.8 Å². The van der Waals surface area contributed by atoms with Gasteiger partial charge in [0, 0.05) is 19.5 Å². The van der Waals surface area contributed by atoms with Crippen LogP contribution in [0.15, 0.2) is 24.3 Å². The molecule has 1 unspecified atom stereocenters. The fraction of sp³-hybridized carbons (Fsp3) is 0.500. The number of aliphatic hydroxyl groups is 1. The third-order valence-electron chi connectivity index (χ3n) is 2.79. The van der Waals surface area contributed by atoms with Crippen LogP contribution in [-0.2, 0) is 6.42 Å². The molecular formula is C16H23NO. The first kappa shape index (κ1) is 14.8. The minimum absolute atomic E-state index is 0.462. The molecule has 0 aromatic heterocycles. The van der Waals surface area contributed by atoms with Gasteiger partial charge in [-0.3, -0.25) is 0 Å². The fourth-order valence-corrected chi connectivity index (χ4v) is 1.86. The largest absolute Gasteiger partial charge is 0.387 e. The van der Waals surface area contributed by atoms with E-state index in [1.807, 2.05) is 12.1 Å². The summed E-state index contributed by atoms with van der Waals surface area (Å²) in [6.45, 7) is 5.71. The van der Waals surface area contributed by atoms with Gasteiger partial charge in [-0.1, -0.05) is 38.1 Å². The SMILES string of the molecule is C#CCCNCC(O)c1ccc(CC(C)C)cc1. The summed E-state index contributed by atoms with van der Waals surface area (Å²) in [7, 11) is 0. The molecule has 0 radical (unpaired) electrons. The zero-order valence-corrected chi connectivity index (χ0v) is 11.3. The topological polar surface area (TPSA) is 32.3 Å². The summed E-state index contributed by atoms with van der Waals surface area (Å²) in [6.07, 6.45) is 6.47. The van der Waals surface area contributed by atoms with Crippen molar-refractivity contribution in [3.63, 3.8) is 0 Å². The van der Waals surface area contributed by atoms with E-state index in [1.165, 1.54) is 5.56 Å². The maximum atomic E-state index is 9.98. The zero-order chi connectivity index (χ0) is 13.4. The third kappa shape index (κ3) is 5.35. The Hall–Kier alpha value is -1.30. The fourth-order valence-electron chi connectivity index (χ4n) is 1.86. The maximum absolute atomic E-state index is 9.98. The minimum Gasteiger partial charge on any atom is -0.387 e. The molecule has 1 rings (SSSR count). The summed E-state index contributed by atoms with van der Waals surface area (Å²) in [5, 5.41) is 13.1. The van der Waals surface area contributed by atoms with E-state index < -0.39 is 6.10 Å². The number of benzene rings is 1. The summed E-state index contributed by atoms with van der Waals surface area (Å²) >= 11 is 0. The molecule has 0 aliphatic carbocycles. The van der Waals surface area contributed by atoms with Gasteiger partial charge in [0.2, 0.25) is 0 Å². The summed E-state index contributed by atoms with van der Waals surface area (Å²) in [4.78, 5) is 0. The number of aliphatic hydroxyl groups excluding tert-OH is 1. The average molecular weight is 245 g/mol. The quantitative estimate of drug-likeness (QED) is 0.571. The van der Waals surface area contributed by atoms with E-state index in [0.29, 0.717) is 18.9 Å². The van der Waals surface area contributed by atoms with Crippen LogP contribution in [0.4, 0.5) is 0 Å². The number of nitrogens with one attached hydrogen (secondary N) is 1. The van der Waals surface area contributed by atoms with Crippen LogP contribution in [0.3, 0.4) is 0 Å². The maximum Gasteiger partial charge on any atom is 0.0914 e. The first-order chi connectivity index (χ1) is 8.63. The van der Waals surface area contributed by atoms with Crippen molar-refractivity contribution in [1.29, 1.82) is 0 Å². The van der Waals surface area contributed by atoms with Crippen LogP contribution in [0.2, 0.25) is 0 Å². The third-order valence-corrected chi connectivity index (χ3v) is 2.79. The molecule has 98 valence electrons. The van der Waals surface area contributed by atoms with Gasteiger partial charge in [-0.05, 0) is 23.5 Å². The highest BCUT2D eigenvalue weighted by molar-refractivity contribution is 5.24. The second-order valence-corrected chi connectivity index (χ2v) is 5.01. The lowest BCUT2D eigenvalue weighted by Crippen LogP contribution is -2.22. The van der Waals surface area contributed by atoms with Crippen LogP contribution in [0.25, 0.3) is 0 Å². The van der Waals surface area contributed by atoms with Gasteiger partial charge in [0.05, 0.1) is 6.10 Å². The van der Waals surface area contributed by atoms with E-state index in [-0.39, 0.29) is 0 Å². The molecule has 2 N–H and O–H groups in total. The van der Waals surface area contributed by atoms with E-state index in [9.17, 15) is 5.11 Å². The van der Waals surface area contributed by atoms with Crippen LogP contribution in [0, 0.1) is 18.3 Å². The highest BCUT2D eigenvalue weighted by atomic mass is 16.3. The number of hydrogen-bond acceptors (Lipinski definition) is 2. The summed E-state index contributed by atoms with van der Waals surface area (Å²) in [5.41, 5.74) is 2.27. The molecule has 1 aromatic carbocycles. The van der Waals surface area contributed by atoms with E-state index in [0.717, 1.165) is 18.5 Å². The Morgan fingerprint density at radius 3 is 2.50 bits per heavy atom. The van der Waals surface area contributed by atoms with Gasteiger partial charge in [0.1, 0.15) is 0 Å². The van der Waals surface area contributed by atoms with Crippen molar-refractivity contribution in [2.24, 2.45) is 5.92 Å². The smallest absolute Gasteiger partial charge is 0.0914 e. The normalized spacial score (nSPS) is 12.4. The van der Waals surface area contributed by atoms with Gasteiger partial charge >= 0.3 is 0 Å². The van der Waals surface area contributed by atoms with Gasteiger partial charge in [0.25, 0.3) is 0 Å². The molecule has 2 nitrogen and oxygen atoms in total. The lowest BCUT2D eigenvalue weighted by atomic mass is 10.0. The Kier molecular flexibility index (Phi) is 6.49. The Morgan fingerprint density at radius 1 is 1.28 bits per heavy atom. The molecule has 0 aliphatic heterocycles. The average Bonchev–Trinajstić information content (AvgIpc) is 2.34. The van der Waals surface area contributed by atoms with E-state index in [1.54, 1.807) is 0 Å². The van der Waals surface area contributed by atoms with Crippen LogP contribution in [0.5, 0.6) is 0 Å². The standard InChI is InChI=1S/C16H23NO/c1-4-5-10-17-12-16(18)15-8-6-14(7-9-15)11-13(2)3/h1,6-9,13,16-18H,5,10-12H2,2-3H3. The Morgan fingerprint density at radius 2 is 1.94 bits per heavy atom. The molecular weight excluding hydrogens is 222 g/mol. The van der Waals surface area contributed by atoms with Crippen molar-refractivity contribution in [3.05, 3.63) is 35.4 Å². The van der Waals surface area contributed by atoms with Crippen LogP contribution >= 0.6 is 0 Å². The van der Waals surface area contributed by atoms with Crippen molar-refractivity contribution < 1.29 is 5.11 Å². The first-order valence-corrected chi connectivity index (χ1v) is 6.54. The molecule has 0 spiro atoms. The second kappa shape index (κ2) is 7.92. The zero-order valence-electron chi connectivity index (χ0n) is 11.3. The lowest BCUT2D eigenvalue weighted by molar-refractivity contribution is 0.175. The molecule has 0 saturated carbocycles. The van der Waals surface area contributed by atoms with Crippen molar-refractivity contribution in [2.75, 3.05) is 13.1 Å². The molecule has 1 aromatic rings. The number of hydrogen-bond donors (Lipinski definition) is 2. The molecule has 1 atom stereocenters. The monoisotopic (exact) mass is 245 g/mol. The van der Waals surface area contributed by atoms with Gasteiger partial charge < -0.3 is 10.4 Å². The minimum atomic E-state index is -0.462. The molecule has 0 amide bonds. The van der Waals surface area contributed by atoms with Crippen LogP contribution in [0.1, 0.15) is 37.5 Å². The molecule has 0 bridgehead atoms. The van der Waals surface area contributed by atoms with Gasteiger partial charge in [-0.2, -0.15) is 0 Å². The molecule has 0 fully saturated rings. The highest BCUT2D eigenvalue weighted by Crippen LogP contribution is 2.15.